The van der Waals surface area contributed by atoms with Crippen molar-refractivity contribution in [3.05, 3.63) is 54.2 Å². The third kappa shape index (κ3) is 6.58. The maximum absolute atomic E-state index is 5.93. The van der Waals surface area contributed by atoms with Gasteiger partial charge in [-0.3, -0.25) is 9.62 Å². The zero-order valence-electron chi connectivity index (χ0n) is 16.8. The van der Waals surface area contributed by atoms with Gasteiger partial charge in [-0.15, -0.1) is 10.2 Å². The minimum Gasteiger partial charge on any atom is -0.494 e. The molecule has 0 saturated carbocycles. The van der Waals surface area contributed by atoms with Crippen molar-refractivity contribution in [2.75, 3.05) is 36.3 Å². The van der Waals surface area contributed by atoms with Gasteiger partial charge in [0.25, 0.3) is 0 Å². The Morgan fingerprint density at radius 1 is 1.07 bits per heavy atom. The van der Waals surface area contributed by atoms with Crippen molar-refractivity contribution in [3.8, 4) is 5.75 Å². The monoisotopic (exact) mass is 442 g/mol. The van der Waals surface area contributed by atoms with Gasteiger partial charge in [0.15, 0.2) is 0 Å². The first-order chi connectivity index (χ1) is 14.8. The molecule has 3 heterocycles. The normalized spacial score (nSPS) is 14.0. The smallest absolute Gasteiger partial charge is 0.217 e. The predicted molar refractivity (Wildman–Crippen MR) is 123 cm³/mol. The Morgan fingerprint density at radius 3 is 2.83 bits per heavy atom. The molecule has 158 valence electrons. The number of rotatable bonds is 11. The fourth-order valence-corrected chi connectivity index (χ4v) is 4.53. The van der Waals surface area contributed by atoms with Crippen LogP contribution in [0.4, 0.5) is 10.3 Å². The highest BCUT2D eigenvalue weighted by Crippen LogP contribution is 2.25. The van der Waals surface area contributed by atoms with Gasteiger partial charge in [0.1, 0.15) is 10.8 Å². The summed E-state index contributed by atoms with van der Waals surface area (Å²) >= 11 is 2.91. The van der Waals surface area contributed by atoms with Gasteiger partial charge >= 0.3 is 0 Å². The molecule has 1 aromatic carbocycles. The quantitative estimate of drug-likeness (QED) is 0.331. The molecule has 0 radical (unpaired) electrons. The van der Waals surface area contributed by atoms with Crippen molar-refractivity contribution in [1.29, 1.82) is 0 Å². The average Bonchev–Trinajstić information content (AvgIpc) is 3.45. The number of likely N-dealkylation sites (tertiary alicyclic amines) is 1. The van der Waals surface area contributed by atoms with Crippen LogP contribution in [0.2, 0.25) is 0 Å². The molecule has 7 nitrogen and oxygen atoms in total. The maximum atomic E-state index is 5.93. The second-order valence-electron chi connectivity index (χ2n) is 7.04. The standard InChI is InChI=1S/C21H26N6OS2/c1-2-10-22-19(9-1)30-26-21-25-24-20(29-21)23-11-6-14-28-18-8-5-7-17(15-18)16-27-12-3-4-13-27/h1-2,5,7-10,15H,3-4,6,11-14,16H2,(H,23,24)(H,25,26). The number of nitrogens with zero attached hydrogens (tertiary/aromatic N) is 4. The summed E-state index contributed by atoms with van der Waals surface area (Å²) in [5.41, 5.74) is 1.32. The van der Waals surface area contributed by atoms with E-state index >= 15 is 0 Å². The Labute approximate surface area is 185 Å². The number of nitrogens with one attached hydrogen (secondary N) is 2. The van der Waals surface area contributed by atoms with Crippen LogP contribution in [-0.4, -0.2) is 46.3 Å². The molecule has 0 unspecified atom stereocenters. The van der Waals surface area contributed by atoms with Crippen molar-refractivity contribution in [2.45, 2.75) is 30.8 Å². The zero-order chi connectivity index (χ0) is 20.4. The van der Waals surface area contributed by atoms with E-state index in [1.54, 1.807) is 6.20 Å². The van der Waals surface area contributed by atoms with E-state index in [2.05, 4.69) is 48.3 Å². The Balaban J connectivity index is 1.13. The van der Waals surface area contributed by atoms with Crippen LogP contribution in [0.3, 0.4) is 0 Å². The van der Waals surface area contributed by atoms with Crippen LogP contribution in [0, 0.1) is 0 Å². The van der Waals surface area contributed by atoms with Gasteiger partial charge in [-0.25, -0.2) is 4.98 Å². The highest BCUT2D eigenvalue weighted by Gasteiger charge is 2.11. The van der Waals surface area contributed by atoms with Gasteiger partial charge in [-0.05, 0) is 62.2 Å². The molecule has 9 heteroatoms. The summed E-state index contributed by atoms with van der Waals surface area (Å²) in [6.45, 7) is 4.89. The van der Waals surface area contributed by atoms with Crippen LogP contribution in [-0.2, 0) is 6.54 Å². The van der Waals surface area contributed by atoms with Gasteiger partial charge < -0.3 is 10.1 Å². The van der Waals surface area contributed by atoms with Crippen molar-refractivity contribution in [1.82, 2.24) is 20.1 Å². The third-order valence-corrected chi connectivity index (χ3v) is 6.35. The van der Waals surface area contributed by atoms with Crippen molar-refractivity contribution in [2.24, 2.45) is 0 Å². The summed E-state index contributed by atoms with van der Waals surface area (Å²) < 4.78 is 9.09. The molecule has 3 aromatic rings. The molecule has 0 spiro atoms. The first kappa shape index (κ1) is 20.9. The summed E-state index contributed by atoms with van der Waals surface area (Å²) in [5, 5.41) is 14.0. The summed E-state index contributed by atoms with van der Waals surface area (Å²) in [6.07, 6.45) is 5.29. The number of hydrogen-bond acceptors (Lipinski definition) is 9. The Kier molecular flexibility index (Phi) is 7.76. The van der Waals surface area contributed by atoms with E-state index in [4.69, 9.17) is 4.74 Å². The first-order valence-electron chi connectivity index (χ1n) is 10.2. The summed E-state index contributed by atoms with van der Waals surface area (Å²) in [6, 6.07) is 14.2. The molecular formula is C21H26N6OS2. The Bertz CT molecular complexity index is 901. The van der Waals surface area contributed by atoms with Gasteiger partial charge in [0.05, 0.1) is 6.61 Å². The molecule has 1 fully saturated rings. The molecule has 30 heavy (non-hydrogen) atoms. The molecular weight excluding hydrogens is 416 g/mol. The second-order valence-corrected chi connectivity index (χ2v) is 8.85. The predicted octanol–water partition coefficient (Wildman–Crippen LogP) is 4.53. The highest BCUT2D eigenvalue weighted by molar-refractivity contribution is 8.00. The van der Waals surface area contributed by atoms with Gasteiger partial charge in [-0.2, -0.15) is 0 Å². The number of anilines is 2. The molecule has 1 aliphatic rings. The van der Waals surface area contributed by atoms with Gasteiger partial charge in [0.2, 0.25) is 10.3 Å². The van der Waals surface area contributed by atoms with Crippen molar-refractivity contribution < 1.29 is 4.74 Å². The minimum atomic E-state index is 0.666. The lowest BCUT2D eigenvalue weighted by Crippen LogP contribution is -2.18. The molecule has 4 rings (SSSR count). The summed E-state index contributed by atoms with van der Waals surface area (Å²) in [5.74, 6) is 0.945. The van der Waals surface area contributed by atoms with Crippen LogP contribution in [0.1, 0.15) is 24.8 Å². The van der Waals surface area contributed by atoms with E-state index in [1.807, 2.05) is 24.3 Å². The molecule has 0 atom stereocenters. The molecule has 0 aliphatic carbocycles. The molecule has 1 saturated heterocycles. The minimum absolute atomic E-state index is 0.666. The maximum Gasteiger partial charge on any atom is 0.217 e. The number of hydrogen-bond donors (Lipinski definition) is 2. The molecule has 2 aromatic heterocycles. The van der Waals surface area contributed by atoms with Crippen LogP contribution in [0.5, 0.6) is 5.75 Å². The Hall–Kier alpha value is -2.36. The fourth-order valence-electron chi connectivity index (χ4n) is 3.23. The van der Waals surface area contributed by atoms with E-state index in [1.165, 1.54) is 54.8 Å². The van der Waals surface area contributed by atoms with E-state index in [9.17, 15) is 0 Å². The first-order valence-corrected chi connectivity index (χ1v) is 11.8. The van der Waals surface area contributed by atoms with Crippen LogP contribution < -0.4 is 14.8 Å². The summed E-state index contributed by atoms with van der Waals surface area (Å²) in [4.78, 5) is 6.75. The lowest BCUT2D eigenvalue weighted by Gasteiger charge is -2.15. The van der Waals surface area contributed by atoms with Gasteiger partial charge in [-0.1, -0.05) is 29.5 Å². The van der Waals surface area contributed by atoms with E-state index in [0.29, 0.717) is 6.61 Å². The number of ether oxygens (including phenoxy) is 1. The van der Waals surface area contributed by atoms with Gasteiger partial charge in [0, 0.05) is 31.2 Å². The molecule has 2 N–H and O–H groups in total. The van der Waals surface area contributed by atoms with Crippen LogP contribution in [0.25, 0.3) is 0 Å². The zero-order valence-corrected chi connectivity index (χ0v) is 18.4. The molecule has 0 bridgehead atoms. The fraction of sp³-hybridized carbons (Fsp3) is 0.381. The van der Waals surface area contributed by atoms with Crippen molar-refractivity contribution >= 4 is 33.5 Å². The lowest BCUT2D eigenvalue weighted by molar-refractivity contribution is 0.311. The average molecular weight is 443 g/mol. The number of pyridine rings is 1. The largest absolute Gasteiger partial charge is 0.494 e. The molecule has 0 amide bonds. The van der Waals surface area contributed by atoms with Crippen LogP contribution >= 0.6 is 23.3 Å². The SMILES string of the molecule is c1ccc(SNc2nnc(NCCCOc3cccc(CN4CCCC4)c3)s2)nc1. The van der Waals surface area contributed by atoms with Crippen molar-refractivity contribution in [3.63, 3.8) is 0 Å². The second kappa shape index (κ2) is 11.1. The number of aromatic nitrogens is 3. The Morgan fingerprint density at radius 2 is 1.97 bits per heavy atom. The van der Waals surface area contributed by atoms with E-state index in [0.717, 1.165) is 40.5 Å². The third-order valence-electron chi connectivity index (χ3n) is 4.68. The van der Waals surface area contributed by atoms with E-state index in [-0.39, 0.29) is 0 Å². The topological polar surface area (TPSA) is 75.2 Å². The summed E-state index contributed by atoms with van der Waals surface area (Å²) in [7, 11) is 0. The van der Waals surface area contributed by atoms with Crippen LogP contribution in [0.15, 0.2) is 53.7 Å². The lowest BCUT2D eigenvalue weighted by atomic mass is 10.2. The highest BCUT2D eigenvalue weighted by atomic mass is 32.2. The molecule has 1 aliphatic heterocycles. The van der Waals surface area contributed by atoms with E-state index < -0.39 is 0 Å². The number of benzene rings is 1.